The van der Waals surface area contributed by atoms with Gasteiger partial charge in [-0.2, -0.15) is 0 Å². The van der Waals surface area contributed by atoms with Crippen molar-refractivity contribution in [1.82, 2.24) is 0 Å². The highest BCUT2D eigenvalue weighted by Crippen LogP contribution is 2.34. The van der Waals surface area contributed by atoms with Crippen LogP contribution in [0.25, 0.3) is 0 Å². The highest BCUT2D eigenvalue weighted by atomic mass is 32.2. The van der Waals surface area contributed by atoms with Gasteiger partial charge in [-0.05, 0) is 30.3 Å². The van der Waals surface area contributed by atoms with Crippen molar-refractivity contribution in [3.8, 4) is 11.5 Å². The minimum absolute atomic E-state index is 0.0772. The third-order valence-electron chi connectivity index (χ3n) is 4.30. The molecule has 9 heteroatoms. The minimum atomic E-state index is -0.363. The van der Waals surface area contributed by atoms with Gasteiger partial charge in [0, 0.05) is 17.5 Å². The first kappa shape index (κ1) is 19.8. The summed E-state index contributed by atoms with van der Waals surface area (Å²) in [7, 11) is 1.35. The molecule has 2 N–H and O–H groups in total. The molecule has 4 rings (SSSR count). The number of aliphatic imine (C=N–C) groups is 1. The van der Waals surface area contributed by atoms with Gasteiger partial charge in [0.2, 0.25) is 12.7 Å². The first-order chi connectivity index (χ1) is 14.6. The molecule has 0 fully saturated rings. The Bertz CT molecular complexity index is 1050. The Labute approximate surface area is 177 Å². The molecular formula is C21H19N3O5S. The summed E-state index contributed by atoms with van der Waals surface area (Å²) in [5.74, 6) is 0.863. The lowest BCUT2D eigenvalue weighted by Gasteiger charge is -2.09. The van der Waals surface area contributed by atoms with Crippen LogP contribution in [-0.2, 0) is 14.3 Å². The Balaban J connectivity index is 1.44. The minimum Gasteiger partial charge on any atom is -0.469 e. The number of carbonyl (C=O) groups excluding carboxylic acids is 2. The van der Waals surface area contributed by atoms with Crippen molar-refractivity contribution >= 4 is 45.7 Å². The Morgan fingerprint density at radius 2 is 2.03 bits per heavy atom. The number of ether oxygens (including phenoxy) is 3. The first-order valence-electron chi connectivity index (χ1n) is 9.15. The average Bonchev–Trinajstić information content (AvgIpc) is 3.13. The van der Waals surface area contributed by atoms with Crippen LogP contribution in [0.2, 0.25) is 0 Å². The van der Waals surface area contributed by atoms with E-state index < -0.39 is 0 Å². The van der Waals surface area contributed by atoms with E-state index in [9.17, 15) is 9.59 Å². The molecule has 2 aromatic rings. The van der Waals surface area contributed by atoms with Gasteiger partial charge in [-0.3, -0.25) is 9.59 Å². The maximum atomic E-state index is 12.4. The second kappa shape index (κ2) is 8.91. The zero-order valence-corrected chi connectivity index (χ0v) is 17.0. The maximum absolute atomic E-state index is 12.4. The van der Waals surface area contributed by atoms with Crippen molar-refractivity contribution in [2.24, 2.45) is 4.99 Å². The number of benzene rings is 2. The molecule has 0 spiro atoms. The molecule has 0 saturated heterocycles. The second-order valence-corrected chi connectivity index (χ2v) is 7.42. The fourth-order valence-electron chi connectivity index (χ4n) is 2.89. The summed E-state index contributed by atoms with van der Waals surface area (Å²) >= 11 is 1.28. The van der Waals surface area contributed by atoms with Gasteiger partial charge >= 0.3 is 5.97 Å². The second-order valence-electron chi connectivity index (χ2n) is 6.42. The third-order valence-corrected chi connectivity index (χ3v) is 5.21. The van der Waals surface area contributed by atoms with Crippen molar-refractivity contribution < 1.29 is 23.8 Å². The van der Waals surface area contributed by atoms with Gasteiger partial charge in [0.1, 0.15) is 0 Å². The molecule has 2 aliphatic rings. The number of fused-ring (bicyclic) bond motifs is 2. The van der Waals surface area contributed by atoms with Crippen LogP contribution in [0.5, 0.6) is 11.5 Å². The van der Waals surface area contributed by atoms with Crippen molar-refractivity contribution in [2.75, 3.05) is 30.3 Å². The Morgan fingerprint density at radius 1 is 1.20 bits per heavy atom. The van der Waals surface area contributed by atoms with Crippen LogP contribution >= 0.6 is 11.8 Å². The van der Waals surface area contributed by atoms with E-state index in [0.717, 1.165) is 11.4 Å². The van der Waals surface area contributed by atoms with Gasteiger partial charge < -0.3 is 24.8 Å². The van der Waals surface area contributed by atoms with E-state index in [1.54, 1.807) is 24.3 Å². The number of anilines is 2. The van der Waals surface area contributed by atoms with Crippen LogP contribution in [0.1, 0.15) is 6.42 Å². The molecule has 0 unspecified atom stereocenters. The van der Waals surface area contributed by atoms with Crippen LogP contribution in [-0.4, -0.2) is 36.6 Å². The Hall–Kier alpha value is -3.46. The van der Waals surface area contributed by atoms with Crippen LogP contribution in [0.3, 0.4) is 0 Å². The van der Waals surface area contributed by atoms with E-state index in [-0.39, 0.29) is 30.8 Å². The summed E-state index contributed by atoms with van der Waals surface area (Å²) in [5.41, 5.74) is 2.79. The molecule has 0 radical (unpaired) electrons. The van der Waals surface area contributed by atoms with E-state index >= 15 is 0 Å². The lowest BCUT2D eigenvalue weighted by Crippen LogP contribution is -2.15. The van der Waals surface area contributed by atoms with E-state index in [1.165, 1.54) is 18.9 Å². The molecule has 0 atom stereocenters. The van der Waals surface area contributed by atoms with Crippen LogP contribution in [0.15, 0.2) is 59.2 Å². The number of rotatable bonds is 5. The Morgan fingerprint density at radius 3 is 2.90 bits per heavy atom. The summed E-state index contributed by atoms with van der Waals surface area (Å²) in [4.78, 5) is 28.8. The van der Waals surface area contributed by atoms with Crippen molar-refractivity contribution in [3.05, 3.63) is 54.2 Å². The molecule has 2 aromatic carbocycles. The van der Waals surface area contributed by atoms with E-state index in [4.69, 9.17) is 14.2 Å². The molecule has 0 aromatic heterocycles. The highest BCUT2D eigenvalue weighted by molar-refractivity contribution is 8.14. The van der Waals surface area contributed by atoms with E-state index in [0.29, 0.717) is 27.9 Å². The number of esters is 1. The van der Waals surface area contributed by atoms with E-state index in [1.807, 2.05) is 24.3 Å². The summed E-state index contributed by atoms with van der Waals surface area (Å²) < 4.78 is 15.4. The third kappa shape index (κ3) is 4.74. The van der Waals surface area contributed by atoms with Gasteiger partial charge in [0.15, 0.2) is 11.5 Å². The SMILES string of the molecule is COC(=O)CC1=CC(SCC(=O)Nc2ccc3c(c2)OCO3)=Nc2ccccc2N1. The molecule has 0 bridgehead atoms. The molecular weight excluding hydrogens is 406 g/mol. The highest BCUT2D eigenvalue weighted by Gasteiger charge is 2.17. The normalized spacial score (nSPS) is 13.9. The van der Waals surface area contributed by atoms with Gasteiger partial charge in [0.25, 0.3) is 0 Å². The molecule has 0 aliphatic carbocycles. The lowest BCUT2D eigenvalue weighted by atomic mass is 10.2. The molecule has 0 saturated carbocycles. The molecule has 2 heterocycles. The molecule has 154 valence electrons. The van der Waals surface area contributed by atoms with Crippen LogP contribution < -0.4 is 20.1 Å². The number of carbonyl (C=O) groups is 2. The first-order valence-corrected chi connectivity index (χ1v) is 10.1. The van der Waals surface area contributed by atoms with E-state index in [2.05, 4.69) is 15.6 Å². The van der Waals surface area contributed by atoms with Gasteiger partial charge in [-0.15, -0.1) is 0 Å². The zero-order chi connectivity index (χ0) is 20.9. The van der Waals surface area contributed by atoms with Crippen molar-refractivity contribution in [2.45, 2.75) is 6.42 Å². The quantitative estimate of drug-likeness (QED) is 0.705. The Kier molecular flexibility index (Phi) is 5.89. The zero-order valence-electron chi connectivity index (χ0n) is 16.1. The lowest BCUT2D eigenvalue weighted by molar-refractivity contribution is -0.139. The largest absolute Gasteiger partial charge is 0.469 e. The fraction of sp³-hybridized carbons (Fsp3) is 0.190. The number of hydrogen-bond acceptors (Lipinski definition) is 8. The fourth-order valence-corrected chi connectivity index (χ4v) is 3.63. The maximum Gasteiger partial charge on any atom is 0.311 e. The van der Waals surface area contributed by atoms with Crippen molar-refractivity contribution in [1.29, 1.82) is 0 Å². The molecule has 2 aliphatic heterocycles. The standard InChI is InChI=1S/C21H19N3O5S/c1-27-21(26)10-14-9-20(24-16-5-3-2-4-15(16)22-14)30-11-19(25)23-13-6-7-17-18(8-13)29-12-28-17/h2-9,22H,10-12H2,1H3,(H,23,25). The monoisotopic (exact) mass is 425 g/mol. The number of amides is 1. The number of methoxy groups -OCH3 is 1. The summed E-state index contributed by atoms with van der Waals surface area (Å²) in [6.45, 7) is 0.179. The average molecular weight is 425 g/mol. The molecule has 1 amide bonds. The topological polar surface area (TPSA) is 98.3 Å². The summed E-state index contributed by atoms with van der Waals surface area (Å²) in [6.07, 6.45) is 1.84. The molecule has 8 nitrogen and oxygen atoms in total. The number of thioether (sulfide) groups is 1. The summed E-state index contributed by atoms with van der Waals surface area (Å²) in [6, 6.07) is 12.7. The number of nitrogens with one attached hydrogen (secondary N) is 2. The number of para-hydroxylation sites is 2. The van der Waals surface area contributed by atoms with Crippen LogP contribution in [0.4, 0.5) is 17.1 Å². The van der Waals surface area contributed by atoms with Gasteiger partial charge in [-0.25, -0.2) is 4.99 Å². The number of hydrogen-bond donors (Lipinski definition) is 2. The predicted octanol–water partition coefficient (Wildman–Crippen LogP) is 3.69. The number of nitrogens with zero attached hydrogens (tertiary/aromatic N) is 1. The summed E-state index contributed by atoms with van der Waals surface area (Å²) in [5, 5.41) is 6.67. The predicted molar refractivity (Wildman–Crippen MR) is 116 cm³/mol. The molecule has 30 heavy (non-hydrogen) atoms. The van der Waals surface area contributed by atoms with Crippen molar-refractivity contribution in [3.63, 3.8) is 0 Å². The van der Waals surface area contributed by atoms with Gasteiger partial charge in [0.05, 0.1) is 35.7 Å². The van der Waals surface area contributed by atoms with Crippen LogP contribution in [0, 0.1) is 0 Å². The van der Waals surface area contributed by atoms with Gasteiger partial charge in [-0.1, -0.05) is 23.9 Å². The smallest absolute Gasteiger partial charge is 0.311 e.